The number of nitrogens with two attached hydrogens (primary N) is 1. The molecule has 26 heavy (non-hydrogen) atoms. The zero-order valence-electron chi connectivity index (χ0n) is 14.0. The minimum absolute atomic E-state index is 0.0874. The third-order valence-electron chi connectivity index (χ3n) is 3.52. The van der Waals surface area contributed by atoms with Crippen molar-refractivity contribution in [2.45, 2.75) is 6.42 Å². The summed E-state index contributed by atoms with van der Waals surface area (Å²) in [6.45, 7) is 1.15. The maximum atomic E-state index is 12.0. The van der Waals surface area contributed by atoms with Crippen molar-refractivity contribution in [3.63, 3.8) is 0 Å². The molecule has 0 atom stereocenters. The van der Waals surface area contributed by atoms with Crippen LogP contribution in [0.4, 0.5) is 11.4 Å². The molecule has 0 aliphatic carbocycles. The van der Waals surface area contributed by atoms with Crippen molar-refractivity contribution < 1.29 is 14.3 Å². The molecule has 0 radical (unpaired) electrons. The summed E-state index contributed by atoms with van der Waals surface area (Å²) >= 11 is 3.35. The molecule has 1 aliphatic heterocycles. The lowest BCUT2D eigenvalue weighted by Crippen LogP contribution is -2.25. The molecule has 0 saturated carbocycles. The molecule has 7 nitrogen and oxygen atoms in total. The van der Waals surface area contributed by atoms with Crippen molar-refractivity contribution in [3.05, 3.63) is 46.9 Å². The molecule has 1 heterocycles. The molecule has 0 spiro atoms. The summed E-state index contributed by atoms with van der Waals surface area (Å²) in [5.41, 5.74) is 7.26. The fourth-order valence-electron chi connectivity index (χ4n) is 2.35. The lowest BCUT2D eigenvalue weighted by atomic mass is 10.3. The van der Waals surface area contributed by atoms with Crippen LogP contribution in [0.5, 0.6) is 11.5 Å². The highest BCUT2D eigenvalue weighted by Crippen LogP contribution is 2.32. The molecule has 0 unspecified atom stereocenters. The number of carbonyl (C=O) groups is 1. The van der Waals surface area contributed by atoms with Crippen molar-refractivity contribution in [2.75, 3.05) is 30.4 Å². The smallest absolute Gasteiger partial charge is 0.246 e. The Morgan fingerprint density at radius 1 is 1.08 bits per heavy atom. The Bertz CT molecular complexity index is 826. The van der Waals surface area contributed by atoms with Crippen LogP contribution in [-0.4, -0.2) is 31.6 Å². The van der Waals surface area contributed by atoms with Crippen molar-refractivity contribution >= 4 is 39.2 Å². The fourth-order valence-corrected chi connectivity index (χ4v) is 2.75. The van der Waals surface area contributed by atoms with Crippen LogP contribution in [0.15, 0.2) is 51.9 Å². The lowest BCUT2D eigenvalue weighted by molar-refractivity contribution is -0.114. The number of ether oxygens (including phenoxy) is 2. The van der Waals surface area contributed by atoms with Gasteiger partial charge in [-0.05, 0) is 30.3 Å². The number of rotatable bonds is 4. The predicted octanol–water partition coefficient (Wildman–Crippen LogP) is 2.98. The van der Waals surface area contributed by atoms with Crippen molar-refractivity contribution in [1.82, 2.24) is 0 Å². The second kappa shape index (κ2) is 8.57. The highest BCUT2D eigenvalue weighted by molar-refractivity contribution is 9.10. The summed E-state index contributed by atoms with van der Waals surface area (Å²) in [6, 6.07) is 12.7. The van der Waals surface area contributed by atoms with Gasteiger partial charge in [-0.3, -0.25) is 4.79 Å². The molecule has 1 amide bonds. The van der Waals surface area contributed by atoms with Gasteiger partial charge in [0.1, 0.15) is 6.54 Å². The number of aliphatic imine (C=N–C) groups is 1. The molecule has 8 heteroatoms. The Hall–Kier alpha value is -2.74. The molecule has 0 aromatic heterocycles. The molecule has 136 valence electrons. The van der Waals surface area contributed by atoms with Gasteiger partial charge in [-0.2, -0.15) is 0 Å². The van der Waals surface area contributed by atoms with E-state index in [9.17, 15) is 4.79 Å². The van der Waals surface area contributed by atoms with Gasteiger partial charge < -0.3 is 25.8 Å². The average molecular weight is 419 g/mol. The summed E-state index contributed by atoms with van der Waals surface area (Å²) in [7, 11) is 0. The second-order valence-corrected chi connectivity index (χ2v) is 6.51. The summed E-state index contributed by atoms with van der Waals surface area (Å²) < 4.78 is 12.1. The van der Waals surface area contributed by atoms with Crippen LogP contribution in [0.2, 0.25) is 0 Å². The number of anilines is 2. The highest BCUT2D eigenvalue weighted by atomic mass is 79.9. The number of benzene rings is 2. The van der Waals surface area contributed by atoms with Crippen LogP contribution in [0.3, 0.4) is 0 Å². The third kappa shape index (κ3) is 5.13. The number of guanidine groups is 1. The zero-order valence-corrected chi connectivity index (χ0v) is 15.6. The van der Waals surface area contributed by atoms with E-state index in [1.54, 1.807) is 18.2 Å². The number of amides is 1. The van der Waals surface area contributed by atoms with E-state index in [-0.39, 0.29) is 18.4 Å². The average Bonchev–Trinajstić information content (AvgIpc) is 2.85. The second-order valence-electron chi connectivity index (χ2n) is 5.60. The van der Waals surface area contributed by atoms with E-state index in [0.717, 1.165) is 10.9 Å². The van der Waals surface area contributed by atoms with Gasteiger partial charge >= 0.3 is 0 Å². The summed E-state index contributed by atoms with van der Waals surface area (Å²) in [5.74, 6) is 1.25. The Kier molecular flexibility index (Phi) is 5.96. The Morgan fingerprint density at radius 2 is 1.85 bits per heavy atom. The van der Waals surface area contributed by atoms with Gasteiger partial charge in [-0.25, -0.2) is 4.99 Å². The lowest BCUT2D eigenvalue weighted by Gasteiger charge is -2.10. The van der Waals surface area contributed by atoms with Crippen LogP contribution in [-0.2, 0) is 4.79 Å². The first-order valence-corrected chi connectivity index (χ1v) is 8.91. The predicted molar refractivity (Wildman–Crippen MR) is 105 cm³/mol. The van der Waals surface area contributed by atoms with Gasteiger partial charge in [0.15, 0.2) is 17.5 Å². The first kappa shape index (κ1) is 18.1. The van der Waals surface area contributed by atoms with Gasteiger partial charge in [-0.1, -0.05) is 22.0 Å². The maximum absolute atomic E-state index is 12.0. The molecule has 2 aromatic carbocycles. The fraction of sp³-hybridized carbons (Fsp3) is 0.222. The number of fused-ring (bicyclic) bond motifs is 1. The van der Waals surface area contributed by atoms with E-state index in [4.69, 9.17) is 15.2 Å². The number of hydrogen-bond donors (Lipinski definition) is 3. The Labute approximate surface area is 159 Å². The molecule has 0 saturated heterocycles. The molecule has 1 aliphatic rings. The number of halogens is 1. The van der Waals surface area contributed by atoms with Crippen LogP contribution in [0.25, 0.3) is 0 Å². The van der Waals surface area contributed by atoms with E-state index in [2.05, 4.69) is 31.6 Å². The monoisotopic (exact) mass is 418 g/mol. The number of carbonyl (C=O) groups excluding carboxylic acids is 1. The van der Waals surface area contributed by atoms with Gasteiger partial charge in [0.25, 0.3) is 0 Å². The van der Waals surface area contributed by atoms with Crippen molar-refractivity contribution in [3.8, 4) is 11.5 Å². The molecule has 3 rings (SSSR count). The van der Waals surface area contributed by atoms with E-state index < -0.39 is 0 Å². The minimum Gasteiger partial charge on any atom is -0.490 e. The number of hydrogen-bond acceptors (Lipinski definition) is 4. The van der Waals surface area contributed by atoms with Gasteiger partial charge in [0.05, 0.1) is 13.2 Å². The van der Waals surface area contributed by atoms with E-state index in [1.165, 1.54) is 0 Å². The molecular formula is C18H19BrN4O3. The largest absolute Gasteiger partial charge is 0.490 e. The first-order valence-electron chi connectivity index (χ1n) is 8.12. The third-order valence-corrected chi connectivity index (χ3v) is 4.01. The van der Waals surface area contributed by atoms with Crippen LogP contribution >= 0.6 is 15.9 Å². The molecule has 2 aromatic rings. The highest BCUT2D eigenvalue weighted by Gasteiger charge is 2.11. The quantitative estimate of drug-likeness (QED) is 0.523. The number of nitrogens with zero attached hydrogens (tertiary/aromatic N) is 1. The van der Waals surface area contributed by atoms with Crippen molar-refractivity contribution in [1.29, 1.82) is 0 Å². The Morgan fingerprint density at radius 3 is 2.65 bits per heavy atom. The maximum Gasteiger partial charge on any atom is 0.246 e. The van der Waals surface area contributed by atoms with Crippen LogP contribution in [0.1, 0.15) is 6.42 Å². The molecule has 4 N–H and O–H groups in total. The van der Waals surface area contributed by atoms with Gasteiger partial charge in [-0.15, -0.1) is 0 Å². The normalized spacial score (nSPS) is 13.7. The van der Waals surface area contributed by atoms with Gasteiger partial charge in [0.2, 0.25) is 5.91 Å². The minimum atomic E-state index is -0.258. The standard InChI is InChI=1S/C18H19BrN4O3/c19-12-3-1-4-13(9-12)22-17(24)11-21-18(20)23-14-5-6-15-16(10-14)26-8-2-7-25-15/h1,3-6,9-10H,2,7-8,11H2,(H,22,24)(H3,20,21,23). The number of nitrogens with one attached hydrogen (secondary N) is 2. The molecule has 0 bridgehead atoms. The Balaban J connectivity index is 1.56. The topological polar surface area (TPSA) is 98.0 Å². The van der Waals surface area contributed by atoms with Crippen LogP contribution < -0.4 is 25.8 Å². The SMILES string of the molecule is NC(=NCC(=O)Nc1cccc(Br)c1)Nc1ccc2c(c1)OCCCO2. The molecule has 0 fully saturated rings. The van der Waals surface area contributed by atoms with Crippen LogP contribution in [0, 0.1) is 0 Å². The van der Waals surface area contributed by atoms with Crippen molar-refractivity contribution in [2.24, 2.45) is 10.7 Å². The van der Waals surface area contributed by atoms with E-state index in [1.807, 2.05) is 24.3 Å². The molecular weight excluding hydrogens is 400 g/mol. The first-order chi connectivity index (χ1) is 12.6. The summed E-state index contributed by atoms with van der Waals surface area (Å²) in [4.78, 5) is 16.0. The van der Waals surface area contributed by atoms with E-state index >= 15 is 0 Å². The summed E-state index contributed by atoms with van der Waals surface area (Å²) in [6.07, 6.45) is 0.841. The van der Waals surface area contributed by atoms with E-state index in [0.29, 0.717) is 36.1 Å². The zero-order chi connectivity index (χ0) is 18.4. The van der Waals surface area contributed by atoms with Gasteiger partial charge in [0, 0.05) is 28.3 Å². The summed E-state index contributed by atoms with van der Waals surface area (Å²) in [5, 5.41) is 5.70.